The second-order valence-electron chi connectivity index (χ2n) is 2.74. The van der Waals surface area contributed by atoms with Gasteiger partial charge >= 0.3 is 0 Å². The molecular formula is C7H12ClN3S. The first-order valence-corrected chi connectivity index (χ1v) is 5.09. The molecule has 3 nitrogen and oxygen atoms in total. The van der Waals surface area contributed by atoms with Gasteiger partial charge in [-0.05, 0) is 13.3 Å². The van der Waals surface area contributed by atoms with Crippen LogP contribution in [0.4, 0.5) is 5.82 Å². The van der Waals surface area contributed by atoms with E-state index in [1.54, 1.807) is 0 Å². The Kier molecular flexibility index (Phi) is 3.75. The molecule has 1 heterocycles. The van der Waals surface area contributed by atoms with Crippen molar-refractivity contribution >= 4 is 29.1 Å². The predicted octanol–water partition coefficient (Wildman–Crippen LogP) is 2.79. The van der Waals surface area contributed by atoms with Crippen LogP contribution in [-0.4, -0.2) is 14.8 Å². The first kappa shape index (κ1) is 9.74. The highest BCUT2D eigenvalue weighted by Gasteiger charge is 2.07. The van der Waals surface area contributed by atoms with Gasteiger partial charge in [-0.1, -0.05) is 24.9 Å². The topological polar surface area (TPSA) is 37.8 Å². The lowest BCUT2D eigenvalue weighted by atomic mass is 10.2. The Hall–Kier alpha value is -0.350. The van der Waals surface area contributed by atoms with Gasteiger partial charge < -0.3 is 5.32 Å². The summed E-state index contributed by atoms with van der Waals surface area (Å²) in [4.78, 5) is 0. The Morgan fingerprint density at radius 3 is 2.83 bits per heavy atom. The lowest BCUT2D eigenvalue weighted by molar-refractivity contribution is 0.688. The van der Waals surface area contributed by atoms with Gasteiger partial charge in [0.15, 0.2) is 11.0 Å². The van der Waals surface area contributed by atoms with Crippen molar-refractivity contribution in [3.63, 3.8) is 0 Å². The van der Waals surface area contributed by atoms with E-state index in [0.29, 0.717) is 17.0 Å². The largest absolute Gasteiger partial charge is 0.364 e. The number of hydrogen-bond donors (Lipinski definition) is 1. The molecule has 0 fully saturated rings. The summed E-state index contributed by atoms with van der Waals surface area (Å²) in [6.07, 6.45) is 2.28. The van der Waals surface area contributed by atoms with Gasteiger partial charge in [-0.3, -0.25) is 0 Å². The number of halogens is 1. The van der Waals surface area contributed by atoms with Crippen molar-refractivity contribution < 1.29 is 0 Å². The molecule has 0 bridgehead atoms. The Morgan fingerprint density at radius 2 is 2.33 bits per heavy atom. The molecule has 0 radical (unpaired) electrons. The Balaban J connectivity index is 2.46. The van der Waals surface area contributed by atoms with Crippen molar-refractivity contribution in [2.24, 2.45) is 0 Å². The number of hydrogen-bond acceptors (Lipinski definition) is 4. The van der Waals surface area contributed by atoms with Crippen molar-refractivity contribution in [2.45, 2.75) is 32.7 Å². The second kappa shape index (κ2) is 4.62. The van der Waals surface area contributed by atoms with Crippen molar-refractivity contribution in [3.05, 3.63) is 5.15 Å². The summed E-state index contributed by atoms with van der Waals surface area (Å²) in [7, 11) is 0. The maximum Gasteiger partial charge on any atom is 0.186 e. The van der Waals surface area contributed by atoms with Crippen LogP contribution in [0, 0.1) is 0 Å². The minimum absolute atomic E-state index is 0.413. The molecule has 1 rings (SSSR count). The maximum atomic E-state index is 5.76. The van der Waals surface area contributed by atoms with Crippen molar-refractivity contribution in [1.82, 2.24) is 8.75 Å². The normalized spacial score (nSPS) is 12.9. The minimum Gasteiger partial charge on any atom is -0.364 e. The number of rotatable bonds is 4. The number of nitrogens with zero attached hydrogens (tertiary/aromatic N) is 2. The van der Waals surface area contributed by atoms with Crippen LogP contribution >= 0.6 is 23.3 Å². The molecule has 0 aliphatic carbocycles. The highest BCUT2D eigenvalue weighted by molar-refractivity contribution is 6.99. The molecule has 68 valence electrons. The first-order chi connectivity index (χ1) is 5.74. The molecule has 0 aliphatic rings. The molecule has 1 aromatic heterocycles. The standard InChI is InChI=1S/C7H12ClN3S/c1-3-4-5(2)9-7-6(8)10-12-11-7/h5H,3-4H2,1-2H3,(H,9,11). The molecule has 0 saturated carbocycles. The Labute approximate surface area is 81.5 Å². The number of aromatic nitrogens is 2. The zero-order valence-corrected chi connectivity index (χ0v) is 8.74. The van der Waals surface area contributed by atoms with Gasteiger partial charge in [-0.15, -0.1) is 0 Å². The van der Waals surface area contributed by atoms with E-state index >= 15 is 0 Å². The van der Waals surface area contributed by atoms with Crippen LogP contribution < -0.4 is 5.32 Å². The summed E-state index contributed by atoms with van der Waals surface area (Å²) in [5, 5.41) is 3.67. The van der Waals surface area contributed by atoms with Crippen molar-refractivity contribution in [1.29, 1.82) is 0 Å². The zero-order chi connectivity index (χ0) is 8.97. The van der Waals surface area contributed by atoms with Gasteiger partial charge in [-0.25, -0.2) is 0 Å². The highest BCUT2D eigenvalue weighted by Crippen LogP contribution is 2.19. The average Bonchev–Trinajstić information content (AvgIpc) is 2.37. The summed E-state index contributed by atoms with van der Waals surface area (Å²) in [6.45, 7) is 4.26. The molecule has 1 aromatic rings. The predicted molar refractivity (Wildman–Crippen MR) is 52.9 cm³/mol. The van der Waals surface area contributed by atoms with E-state index in [2.05, 4.69) is 27.9 Å². The first-order valence-electron chi connectivity index (χ1n) is 3.98. The molecule has 0 amide bonds. The summed E-state index contributed by atoms with van der Waals surface area (Å²) in [5.41, 5.74) is 0. The van der Waals surface area contributed by atoms with Gasteiger partial charge in [0, 0.05) is 6.04 Å². The quantitative estimate of drug-likeness (QED) is 0.822. The number of nitrogens with one attached hydrogen (secondary N) is 1. The summed E-state index contributed by atoms with van der Waals surface area (Å²) < 4.78 is 7.89. The monoisotopic (exact) mass is 205 g/mol. The fraction of sp³-hybridized carbons (Fsp3) is 0.714. The summed E-state index contributed by atoms with van der Waals surface area (Å²) in [6, 6.07) is 0.413. The molecule has 1 atom stereocenters. The van der Waals surface area contributed by atoms with Crippen LogP contribution in [0.25, 0.3) is 0 Å². The van der Waals surface area contributed by atoms with Crippen LogP contribution in [0.1, 0.15) is 26.7 Å². The van der Waals surface area contributed by atoms with E-state index in [9.17, 15) is 0 Å². The van der Waals surface area contributed by atoms with Gasteiger partial charge in [-0.2, -0.15) is 8.75 Å². The molecule has 0 spiro atoms. The van der Waals surface area contributed by atoms with Crippen LogP contribution in [0.2, 0.25) is 5.15 Å². The smallest absolute Gasteiger partial charge is 0.186 e. The third-order valence-corrected chi connectivity index (χ3v) is 2.45. The SMILES string of the molecule is CCCC(C)Nc1nsnc1Cl. The fourth-order valence-electron chi connectivity index (χ4n) is 1.00. The third-order valence-electron chi connectivity index (χ3n) is 1.55. The Bertz CT molecular complexity index is 238. The zero-order valence-electron chi connectivity index (χ0n) is 7.17. The van der Waals surface area contributed by atoms with E-state index in [4.69, 9.17) is 11.6 Å². The van der Waals surface area contributed by atoms with E-state index in [-0.39, 0.29) is 0 Å². The van der Waals surface area contributed by atoms with Gasteiger partial charge in [0.05, 0.1) is 11.7 Å². The van der Waals surface area contributed by atoms with Gasteiger partial charge in [0.1, 0.15) is 0 Å². The highest BCUT2D eigenvalue weighted by atomic mass is 35.5. The van der Waals surface area contributed by atoms with Crippen LogP contribution in [0.15, 0.2) is 0 Å². The van der Waals surface area contributed by atoms with Crippen LogP contribution in [0.3, 0.4) is 0 Å². The summed E-state index contributed by atoms with van der Waals surface area (Å²) >= 11 is 6.89. The number of anilines is 1. The van der Waals surface area contributed by atoms with Gasteiger partial charge in [0.2, 0.25) is 0 Å². The third kappa shape index (κ3) is 2.60. The van der Waals surface area contributed by atoms with Crippen LogP contribution in [0.5, 0.6) is 0 Å². The molecule has 0 aliphatic heterocycles. The Morgan fingerprint density at radius 1 is 1.58 bits per heavy atom. The fourth-order valence-corrected chi connectivity index (χ4v) is 1.66. The van der Waals surface area contributed by atoms with Gasteiger partial charge in [0.25, 0.3) is 0 Å². The summed E-state index contributed by atoms with van der Waals surface area (Å²) in [5.74, 6) is 0.711. The van der Waals surface area contributed by atoms with Crippen molar-refractivity contribution in [3.8, 4) is 0 Å². The van der Waals surface area contributed by atoms with E-state index in [1.807, 2.05) is 0 Å². The molecular weight excluding hydrogens is 194 g/mol. The molecule has 0 saturated heterocycles. The molecule has 12 heavy (non-hydrogen) atoms. The average molecular weight is 206 g/mol. The molecule has 1 N–H and O–H groups in total. The molecule has 5 heteroatoms. The lowest BCUT2D eigenvalue weighted by Crippen LogP contribution is -2.14. The van der Waals surface area contributed by atoms with E-state index < -0.39 is 0 Å². The maximum absolute atomic E-state index is 5.76. The van der Waals surface area contributed by atoms with E-state index in [1.165, 1.54) is 0 Å². The van der Waals surface area contributed by atoms with E-state index in [0.717, 1.165) is 24.6 Å². The van der Waals surface area contributed by atoms with Crippen LogP contribution in [-0.2, 0) is 0 Å². The minimum atomic E-state index is 0.413. The lowest BCUT2D eigenvalue weighted by Gasteiger charge is -2.10. The van der Waals surface area contributed by atoms with Crippen molar-refractivity contribution in [2.75, 3.05) is 5.32 Å². The molecule has 1 unspecified atom stereocenters. The second-order valence-corrected chi connectivity index (χ2v) is 3.62. The molecule has 0 aromatic carbocycles.